The molecule has 1 atom stereocenters. The van der Waals surface area contributed by atoms with Gasteiger partial charge in [-0.05, 0) is 50.6 Å². The largest absolute Gasteiger partial charge is 0.381 e. The van der Waals surface area contributed by atoms with Crippen molar-refractivity contribution in [2.75, 3.05) is 26.3 Å². The highest BCUT2D eigenvalue weighted by atomic mass is 16.5. The van der Waals surface area contributed by atoms with Gasteiger partial charge in [0.15, 0.2) is 0 Å². The number of hydrogen-bond donors (Lipinski definition) is 1. The van der Waals surface area contributed by atoms with Crippen molar-refractivity contribution in [3.63, 3.8) is 0 Å². The summed E-state index contributed by atoms with van der Waals surface area (Å²) in [5.74, 6) is 1.83. The van der Waals surface area contributed by atoms with E-state index in [2.05, 4.69) is 5.32 Å². The second-order valence-corrected chi connectivity index (χ2v) is 4.06. The van der Waals surface area contributed by atoms with Gasteiger partial charge >= 0.3 is 0 Å². The lowest BCUT2D eigenvalue weighted by atomic mass is 9.82. The predicted molar refractivity (Wildman–Crippen MR) is 49.1 cm³/mol. The van der Waals surface area contributed by atoms with Crippen molar-refractivity contribution in [3.8, 4) is 0 Å². The van der Waals surface area contributed by atoms with Crippen molar-refractivity contribution in [3.05, 3.63) is 0 Å². The summed E-state index contributed by atoms with van der Waals surface area (Å²) in [5.41, 5.74) is 0. The monoisotopic (exact) mass is 169 g/mol. The van der Waals surface area contributed by atoms with Gasteiger partial charge in [-0.15, -0.1) is 0 Å². The summed E-state index contributed by atoms with van der Waals surface area (Å²) in [4.78, 5) is 0. The standard InChI is InChI=1S/C10H19NO/c1-2-10(8-12-7-1)9-3-5-11-6-4-9/h9-11H,1-8H2. The van der Waals surface area contributed by atoms with Crippen molar-refractivity contribution in [1.29, 1.82) is 0 Å². The number of ether oxygens (including phenoxy) is 1. The maximum absolute atomic E-state index is 5.51. The molecule has 2 heterocycles. The van der Waals surface area contributed by atoms with E-state index in [0.29, 0.717) is 0 Å². The van der Waals surface area contributed by atoms with Crippen molar-refractivity contribution >= 4 is 0 Å². The van der Waals surface area contributed by atoms with E-state index in [9.17, 15) is 0 Å². The van der Waals surface area contributed by atoms with Gasteiger partial charge in [0.1, 0.15) is 0 Å². The molecule has 0 aromatic rings. The summed E-state index contributed by atoms with van der Waals surface area (Å²) in [7, 11) is 0. The number of rotatable bonds is 1. The van der Waals surface area contributed by atoms with Crippen LogP contribution in [0.3, 0.4) is 0 Å². The summed E-state index contributed by atoms with van der Waals surface area (Å²) in [6.45, 7) is 4.48. The molecule has 70 valence electrons. The molecule has 0 aromatic heterocycles. The SMILES string of the molecule is C1COCC(C2CCNCC2)C1. The normalized spacial score (nSPS) is 33.5. The molecule has 1 N–H and O–H groups in total. The van der Waals surface area contributed by atoms with Crippen molar-refractivity contribution in [1.82, 2.24) is 5.32 Å². The third-order valence-corrected chi connectivity index (χ3v) is 3.25. The fourth-order valence-corrected chi connectivity index (χ4v) is 2.45. The molecule has 0 aliphatic carbocycles. The number of nitrogens with one attached hydrogen (secondary N) is 1. The Balaban J connectivity index is 1.80. The van der Waals surface area contributed by atoms with Gasteiger partial charge in [-0.1, -0.05) is 0 Å². The van der Waals surface area contributed by atoms with Gasteiger partial charge in [-0.2, -0.15) is 0 Å². The Kier molecular flexibility index (Phi) is 3.01. The molecule has 1 unspecified atom stereocenters. The van der Waals surface area contributed by atoms with Crippen molar-refractivity contribution in [2.45, 2.75) is 25.7 Å². The van der Waals surface area contributed by atoms with E-state index >= 15 is 0 Å². The number of piperidine rings is 1. The van der Waals surface area contributed by atoms with Crippen LogP contribution in [-0.4, -0.2) is 26.3 Å². The van der Waals surface area contributed by atoms with Gasteiger partial charge in [0, 0.05) is 13.2 Å². The van der Waals surface area contributed by atoms with Crippen LogP contribution in [0.1, 0.15) is 25.7 Å². The zero-order valence-corrected chi connectivity index (χ0v) is 7.72. The van der Waals surface area contributed by atoms with Crippen LogP contribution in [0.2, 0.25) is 0 Å². The van der Waals surface area contributed by atoms with Crippen molar-refractivity contribution in [2.24, 2.45) is 11.8 Å². The quantitative estimate of drug-likeness (QED) is 0.641. The topological polar surface area (TPSA) is 21.3 Å². The van der Waals surface area contributed by atoms with Gasteiger partial charge in [0.2, 0.25) is 0 Å². The molecule has 2 aliphatic rings. The first-order valence-electron chi connectivity index (χ1n) is 5.25. The maximum Gasteiger partial charge on any atom is 0.0496 e. The molecule has 0 radical (unpaired) electrons. The highest BCUT2D eigenvalue weighted by molar-refractivity contribution is 4.77. The Morgan fingerprint density at radius 2 is 1.83 bits per heavy atom. The summed E-state index contributed by atoms with van der Waals surface area (Å²) >= 11 is 0. The zero-order chi connectivity index (χ0) is 8.23. The minimum atomic E-state index is 0.876. The molecule has 0 aromatic carbocycles. The minimum Gasteiger partial charge on any atom is -0.381 e. The van der Waals surface area contributed by atoms with E-state index in [4.69, 9.17) is 4.74 Å². The fourth-order valence-electron chi connectivity index (χ4n) is 2.45. The molecule has 12 heavy (non-hydrogen) atoms. The molecular formula is C10H19NO. The lowest BCUT2D eigenvalue weighted by Crippen LogP contribution is -2.34. The summed E-state index contributed by atoms with van der Waals surface area (Å²) in [5, 5.41) is 3.41. The molecular weight excluding hydrogens is 150 g/mol. The molecule has 0 spiro atoms. The molecule has 2 aliphatic heterocycles. The summed E-state index contributed by atoms with van der Waals surface area (Å²) < 4.78 is 5.51. The van der Waals surface area contributed by atoms with Gasteiger partial charge in [0.25, 0.3) is 0 Å². The predicted octanol–water partition coefficient (Wildman–Crippen LogP) is 1.41. The summed E-state index contributed by atoms with van der Waals surface area (Å²) in [6.07, 6.45) is 5.43. The number of hydrogen-bond acceptors (Lipinski definition) is 2. The van der Waals surface area contributed by atoms with Crippen LogP contribution in [0.25, 0.3) is 0 Å². The molecule has 2 saturated heterocycles. The van der Waals surface area contributed by atoms with E-state index in [1.54, 1.807) is 0 Å². The first kappa shape index (κ1) is 8.52. The van der Waals surface area contributed by atoms with Gasteiger partial charge < -0.3 is 10.1 Å². The van der Waals surface area contributed by atoms with Gasteiger partial charge in [0.05, 0.1) is 0 Å². The van der Waals surface area contributed by atoms with Crippen LogP contribution in [0.4, 0.5) is 0 Å². The third kappa shape index (κ3) is 1.99. The van der Waals surface area contributed by atoms with E-state index in [1.165, 1.54) is 38.8 Å². The van der Waals surface area contributed by atoms with Crippen LogP contribution in [-0.2, 0) is 4.74 Å². The van der Waals surface area contributed by atoms with E-state index in [-0.39, 0.29) is 0 Å². The van der Waals surface area contributed by atoms with Gasteiger partial charge in [-0.3, -0.25) is 0 Å². The average Bonchev–Trinajstić information content (AvgIpc) is 2.21. The fraction of sp³-hybridized carbons (Fsp3) is 1.00. The van der Waals surface area contributed by atoms with Crippen LogP contribution >= 0.6 is 0 Å². The van der Waals surface area contributed by atoms with E-state index < -0.39 is 0 Å². The zero-order valence-electron chi connectivity index (χ0n) is 7.72. The molecule has 0 amide bonds. The first-order chi connectivity index (χ1) is 5.97. The molecule has 2 rings (SSSR count). The molecule has 0 saturated carbocycles. The summed E-state index contributed by atoms with van der Waals surface area (Å²) in [6, 6.07) is 0. The van der Waals surface area contributed by atoms with Crippen molar-refractivity contribution < 1.29 is 4.74 Å². The average molecular weight is 169 g/mol. The molecule has 2 fully saturated rings. The highest BCUT2D eigenvalue weighted by Crippen LogP contribution is 2.28. The second kappa shape index (κ2) is 4.24. The highest BCUT2D eigenvalue weighted by Gasteiger charge is 2.25. The first-order valence-corrected chi connectivity index (χ1v) is 5.25. The second-order valence-electron chi connectivity index (χ2n) is 4.06. The molecule has 2 heteroatoms. The Labute approximate surface area is 74.7 Å². The lowest BCUT2D eigenvalue weighted by molar-refractivity contribution is 0.0239. The molecule has 2 nitrogen and oxygen atoms in total. The smallest absolute Gasteiger partial charge is 0.0496 e. The molecule has 0 bridgehead atoms. The lowest BCUT2D eigenvalue weighted by Gasteiger charge is -2.33. The third-order valence-electron chi connectivity index (χ3n) is 3.25. The van der Waals surface area contributed by atoms with Crippen LogP contribution in [0.5, 0.6) is 0 Å². The Morgan fingerprint density at radius 3 is 2.50 bits per heavy atom. The minimum absolute atomic E-state index is 0.876. The van der Waals surface area contributed by atoms with Gasteiger partial charge in [-0.25, -0.2) is 0 Å². The van der Waals surface area contributed by atoms with Crippen LogP contribution in [0, 0.1) is 11.8 Å². The van der Waals surface area contributed by atoms with Crippen LogP contribution < -0.4 is 5.32 Å². The Morgan fingerprint density at radius 1 is 1.00 bits per heavy atom. The van der Waals surface area contributed by atoms with E-state index in [0.717, 1.165) is 25.0 Å². The van der Waals surface area contributed by atoms with E-state index in [1.807, 2.05) is 0 Å². The Hall–Kier alpha value is -0.0800. The maximum atomic E-state index is 5.51. The van der Waals surface area contributed by atoms with Crippen LogP contribution in [0.15, 0.2) is 0 Å². The Bertz CT molecular complexity index is 110.